The number of phenols is 1. The number of hydrogen-bond acceptors (Lipinski definition) is 13. The first-order chi connectivity index (χ1) is 43.5. The number of aliphatic hydroxyl groups is 6. The summed E-state index contributed by atoms with van der Waals surface area (Å²) in [4.78, 5) is 3.40. The van der Waals surface area contributed by atoms with Crippen LogP contribution in [0.4, 0.5) is 0 Å². The number of hydrogen-bond donors (Lipinski definition) is 10. The third-order valence-corrected chi connectivity index (χ3v) is 25.7. The average molecular weight is 1250 g/mol. The van der Waals surface area contributed by atoms with Crippen LogP contribution in [0.3, 0.4) is 0 Å². The lowest BCUT2D eigenvalue weighted by Crippen LogP contribution is -2.55. The van der Waals surface area contributed by atoms with E-state index in [0.717, 1.165) is 47.2 Å². The van der Waals surface area contributed by atoms with E-state index in [9.17, 15) is 35.7 Å². The second-order valence-electron chi connectivity index (χ2n) is 28.0. The molecule has 89 heavy (non-hydrogen) atoms. The first-order valence-corrected chi connectivity index (χ1v) is 36.3. The summed E-state index contributed by atoms with van der Waals surface area (Å²) in [5, 5.41) is 87.7. The Balaban J connectivity index is 0.916. The highest BCUT2D eigenvalue weighted by molar-refractivity contribution is 8.76. The number of benzene rings is 3. The maximum Gasteiger partial charge on any atom is 0.161 e. The van der Waals surface area contributed by atoms with Gasteiger partial charge in [0.2, 0.25) is 0 Å². The van der Waals surface area contributed by atoms with Crippen LogP contribution >= 0.6 is 21.6 Å². The molecular weight excluding hydrogens is 1150 g/mol. The van der Waals surface area contributed by atoms with Gasteiger partial charge in [-0.2, -0.15) is 0 Å². The zero-order valence-electron chi connectivity index (χ0n) is 51.8. The molecule has 2 saturated carbocycles. The van der Waals surface area contributed by atoms with E-state index in [0.29, 0.717) is 93.0 Å². The van der Waals surface area contributed by atoms with Crippen LogP contribution in [0.25, 0.3) is 0 Å². The van der Waals surface area contributed by atoms with Crippen molar-refractivity contribution < 1.29 is 45.2 Å². The normalized spacial score (nSPS) is 37.0. The second kappa shape index (κ2) is 27.7. The predicted octanol–water partition coefficient (Wildman–Crippen LogP) is 10.7. The van der Waals surface area contributed by atoms with Gasteiger partial charge in [-0.3, -0.25) is 0 Å². The number of ether oxygens (including phenoxy) is 2. The number of phenolic OH excluding ortho intramolecular Hbond substituents is 1. The fourth-order valence-corrected chi connectivity index (χ4v) is 21.6. The smallest absolute Gasteiger partial charge is 0.161 e. The summed E-state index contributed by atoms with van der Waals surface area (Å²) in [7, 11) is 3.26. The molecule has 0 radical (unpaired) electrons. The van der Waals surface area contributed by atoms with Crippen molar-refractivity contribution >= 4 is 21.6 Å². The number of dihydropyridines is 1. The molecule has 3 aromatic carbocycles. The van der Waals surface area contributed by atoms with Gasteiger partial charge in [0.25, 0.3) is 0 Å². The topological polar surface area (TPSA) is 214 Å². The number of H-pyrrole nitrogens is 1. The molecule has 3 fully saturated rings. The van der Waals surface area contributed by atoms with E-state index in [1.54, 1.807) is 21.6 Å². The molecule has 3 heterocycles. The van der Waals surface area contributed by atoms with Crippen LogP contribution in [0, 0.1) is 88.3 Å². The van der Waals surface area contributed by atoms with Crippen molar-refractivity contribution in [2.24, 2.45) is 82.2 Å². The highest BCUT2D eigenvalue weighted by Crippen LogP contribution is 2.63. The Labute approximate surface area is 535 Å². The molecule has 1 saturated heterocycles. The number of aromatic nitrogens is 1. The maximum atomic E-state index is 13.3. The third-order valence-electron chi connectivity index (χ3n) is 23.3. The van der Waals surface area contributed by atoms with Gasteiger partial charge in [-0.25, -0.2) is 0 Å². The number of rotatable bonds is 11. The van der Waals surface area contributed by atoms with Crippen LogP contribution < -0.4 is 15.8 Å². The molecule has 0 unspecified atom stereocenters. The second-order valence-corrected chi connectivity index (χ2v) is 30.5. The van der Waals surface area contributed by atoms with Crippen LogP contribution in [-0.2, 0) is 30.4 Å². The van der Waals surface area contributed by atoms with Crippen molar-refractivity contribution in [3.05, 3.63) is 165 Å². The van der Waals surface area contributed by atoms with Crippen LogP contribution in [0.5, 0.6) is 11.5 Å². The van der Waals surface area contributed by atoms with Gasteiger partial charge in [-0.15, -0.1) is 0 Å². The molecule has 2 aliphatic heterocycles. The van der Waals surface area contributed by atoms with Crippen molar-refractivity contribution in [2.75, 3.05) is 44.5 Å². The molecule has 1 spiro atoms. The minimum absolute atomic E-state index is 0.0237. The van der Waals surface area contributed by atoms with Gasteiger partial charge in [0, 0.05) is 83.7 Å². The highest BCUT2D eigenvalue weighted by atomic mass is 33.1. The van der Waals surface area contributed by atoms with E-state index in [4.69, 9.17) is 15.2 Å². The maximum absolute atomic E-state index is 13.3. The fraction of sp³-hybridized carbons (Fsp3) is 0.573. The lowest BCUT2D eigenvalue weighted by atomic mass is 9.45. The van der Waals surface area contributed by atoms with Crippen LogP contribution in [0.15, 0.2) is 132 Å². The van der Waals surface area contributed by atoms with Crippen molar-refractivity contribution in [3.8, 4) is 23.3 Å². The Kier molecular flexibility index (Phi) is 19.6. The molecule has 0 bridgehead atoms. The Morgan fingerprint density at radius 3 is 2.37 bits per heavy atom. The van der Waals surface area contributed by atoms with E-state index in [2.05, 4.69) is 114 Å². The van der Waals surface area contributed by atoms with Gasteiger partial charge >= 0.3 is 0 Å². The molecule has 20 atom stereocenters. The molecular formula is C75H95N3O9S2. The minimum atomic E-state index is -1.09. The summed E-state index contributed by atoms with van der Waals surface area (Å²) >= 11 is 0. The van der Waals surface area contributed by atoms with E-state index >= 15 is 0 Å². The fourth-order valence-electron chi connectivity index (χ4n) is 19.1. The van der Waals surface area contributed by atoms with Gasteiger partial charge in [0.1, 0.15) is 11.9 Å². The molecule has 14 heteroatoms. The predicted molar refractivity (Wildman–Crippen MR) is 354 cm³/mol. The average Bonchev–Trinajstić information content (AvgIpc) is 0.871. The summed E-state index contributed by atoms with van der Waals surface area (Å²) in [5.74, 6) is 10.1. The number of nitrogens with two attached hydrogens (primary N) is 1. The van der Waals surface area contributed by atoms with E-state index in [1.165, 1.54) is 47.9 Å². The van der Waals surface area contributed by atoms with Gasteiger partial charge in [-0.1, -0.05) is 138 Å². The molecule has 1 aromatic heterocycles. The number of aromatic amines is 1. The molecule has 0 amide bonds. The Bertz CT molecular complexity index is 3280. The zero-order valence-corrected chi connectivity index (χ0v) is 53.4. The highest BCUT2D eigenvalue weighted by Gasteiger charge is 2.58. The van der Waals surface area contributed by atoms with Crippen molar-refractivity contribution in [1.29, 1.82) is 0 Å². The van der Waals surface area contributed by atoms with Crippen molar-refractivity contribution in [3.63, 3.8) is 0 Å². The summed E-state index contributed by atoms with van der Waals surface area (Å²) in [5.41, 5.74) is 16.4. The monoisotopic (exact) mass is 1250 g/mol. The zero-order chi connectivity index (χ0) is 61.3. The van der Waals surface area contributed by atoms with Crippen molar-refractivity contribution in [2.45, 2.75) is 146 Å². The summed E-state index contributed by atoms with van der Waals surface area (Å²) < 4.78 is 13.7. The van der Waals surface area contributed by atoms with Crippen molar-refractivity contribution in [1.82, 2.24) is 10.3 Å². The van der Waals surface area contributed by atoms with E-state index in [-0.39, 0.29) is 85.3 Å². The van der Waals surface area contributed by atoms with Gasteiger partial charge in [0.15, 0.2) is 11.5 Å². The lowest BCUT2D eigenvalue weighted by molar-refractivity contribution is -0.0816. The largest absolute Gasteiger partial charge is 0.504 e. The van der Waals surface area contributed by atoms with Gasteiger partial charge < -0.3 is 61.3 Å². The van der Waals surface area contributed by atoms with Gasteiger partial charge in [-0.05, 0) is 194 Å². The summed E-state index contributed by atoms with van der Waals surface area (Å²) in [6.07, 6.45) is 19.2. The molecule has 476 valence electrons. The number of allylic oxidation sites excluding steroid dienone is 5. The van der Waals surface area contributed by atoms with E-state index in [1.807, 2.05) is 24.4 Å². The summed E-state index contributed by atoms with van der Waals surface area (Å²) in [6.45, 7) is 2.39. The molecule has 12 nitrogen and oxygen atoms in total. The SMILES string of the molecule is CC[C@@H]1Cc2cc(O)c(O[C@H]3C[C@@H](Cc4ccc[nH]4)C4=CCNC(N)=C4CSSC[C@H](CO)[C@@H]3O)cc2[C@H]2C[C@@H](O)[C@H]3[C@@H](OCCO)CC[C@H](O)C[C@@]4(C#C[C@H]3C=C12)C[C@@H](c1ccccc1)[C@@H]1Cc2ccccc2C[C@H]2[C@H](C=C[C@H]3CCCC[C@@H]23)[C@H]1[C@H]4CO. The lowest BCUT2D eigenvalue weighted by Gasteiger charge is -2.58. The number of fused-ring (bicyclic) bond motifs is 11. The third kappa shape index (κ3) is 12.7. The quantitative estimate of drug-likeness (QED) is 0.0385. The van der Waals surface area contributed by atoms with Gasteiger partial charge in [0.05, 0.1) is 37.6 Å². The number of aromatic hydroxyl groups is 1. The Morgan fingerprint density at radius 2 is 1.60 bits per heavy atom. The summed E-state index contributed by atoms with van der Waals surface area (Å²) in [6, 6.07) is 28.1. The molecule has 13 rings (SSSR count). The standard InChI is InChI=1S/C75H95N3O9S2/c1-2-44-29-50-34-66(83)69(87-70-35-51(30-53-16-10-25-77-53)56-23-26-78-74(76)64(56)43-89-88-42-52(40-80)73(70)85)37-59(50)61-36-67(84)71-49(33-58(44)61)22-24-75(38-54(82)19-21-68(71)86-28-27-79)39-63(45-11-4-3-5-12-45)62-32-48-15-7-6-14-47(48)31-60-55-17-9-8-13-46(55)18-20-57(60)72(62)65(75)41-81/h3-7,10-12,14-16,18,20,23,25,33-34,37,44,46,49,51-52,54-55,57,60-63,65,67-68,70-73,77-85H,2,8-9,13,17,19,21,26-32,35-36,38-43,76H2,1H3/t44-,46-,49+,51-,52+,54+,55-,57+,60-,61+,62+,63+,65-,67-,68+,70+,71+,72-,73+,75+/m1/s1. The van der Waals surface area contributed by atoms with Crippen LogP contribution in [0.1, 0.15) is 123 Å². The molecule has 4 aromatic rings. The molecule has 7 aliphatic carbocycles. The minimum Gasteiger partial charge on any atom is -0.504 e. The van der Waals surface area contributed by atoms with Crippen LogP contribution in [0.2, 0.25) is 0 Å². The molecule has 9 aliphatic rings. The number of nitrogens with one attached hydrogen (secondary N) is 2. The first kappa shape index (κ1) is 62.9. The van der Waals surface area contributed by atoms with Crippen LogP contribution in [-0.4, -0.2) is 116 Å². The first-order valence-electron chi connectivity index (χ1n) is 33.8. The number of aliphatic hydroxyl groups excluding tert-OH is 6. The van der Waals surface area contributed by atoms with E-state index < -0.39 is 53.7 Å². The molecule has 11 N–H and O–H groups in total. The Hall–Kier alpha value is -4.92. The Morgan fingerprint density at radius 1 is 0.787 bits per heavy atom.